The standard InChI is InChI=1S/C24H21N3O/c1-16-7-9-17(10-8-16)21-15-23(18-11-13-19(28-2)14-12-18)27-22-6-4-3-5-20(22)25-24(27)26-21/h3-15,23H,1-2H3,(H,25,26). The second-order valence-electron chi connectivity index (χ2n) is 7.08. The number of fused-ring (bicyclic) bond motifs is 3. The number of aryl methyl sites for hydroxylation is 1. The highest BCUT2D eigenvalue weighted by Gasteiger charge is 2.25. The molecule has 1 aliphatic rings. The van der Waals surface area contributed by atoms with Crippen LogP contribution in [0, 0.1) is 6.92 Å². The van der Waals surface area contributed by atoms with E-state index in [1.54, 1.807) is 7.11 Å². The zero-order chi connectivity index (χ0) is 19.1. The SMILES string of the molecule is COc1ccc(C2C=C(c3ccc(C)cc3)Nc3nc4ccccc4n32)cc1. The number of rotatable bonds is 3. The molecule has 2 heterocycles. The Bertz CT molecular complexity index is 1170. The molecule has 0 radical (unpaired) electrons. The molecule has 0 spiro atoms. The fourth-order valence-electron chi connectivity index (χ4n) is 3.76. The highest BCUT2D eigenvalue weighted by Crippen LogP contribution is 2.37. The van der Waals surface area contributed by atoms with Gasteiger partial charge in [-0.25, -0.2) is 4.98 Å². The fourth-order valence-corrected chi connectivity index (χ4v) is 3.76. The van der Waals surface area contributed by atoms with E-state index < -0.39 is 0 Å². The molecule has 4 nitrogen and oxygen atoms in total. The molecular weight excluding hydrogens is 346 g/mol. The fraction of sp³-hybridized carbons (Fsp3) is 0.125. The van der Waals surface area contributed by atoms with Crippen LogP contribution in [0.1, 0.15) is 22.7 Å². The lowest BCUT2D eigenvalue weighted by molar-refractivity contribution is 0.414. The van der Waals surface area contributed by atoms with Crippen molar-refractivity contribution in [1.29, 1.82) is 0 Å². The molecule has 3 aromatic carbocycles. The molecular formula is C24H21N3O. The van der Waals surface area contributed by atoms with Crippen LogP contribution in [0.5, 0.6) is 5.75 Å². The van der Waals surface area contributed by atoms with Crippen LogP contribution in [-0.2, 0) is 0 Å². The Morgan fingerprint density at radius 3 is 2.43 bits per heavy atom. The molecule has 5 rings (SSSR count). The largest absolute Gasteiger partial charge is 0.497 e. The van der Waals surface area contributed by atoms with Crippen LogP contribution >= 0.6 is 0 Å². The van der Waals surface area contributed by atoms with E-state index in [1.165, 1.54) is 11.1 Å². The monoisotopic (exact) mass is 367 g/mol. The summed E-state index contributed by atoms with van der Waals surface area (Å²) in [5.74, 6) is 1.72. The van der Waals surface area contributed by atoms with E-state index in [9.17, 15) is 0 Å². The first kappa shape index (κ1) is 16.6. The number of nitrogens with zero attached hydrogens (tertiary/aromatic N) is 2. The molecule has 138 valence electrons. The molecule has 1 atom stereocenters. The quantitative estimate of drug-likeness (QED) is 0.526. The van der Waals surface area contributed by atoms with E-state index in [1.807, 2.05) is 18.2 Å². The third kappa shape index (κ3) is 2.74. The van der Waals surface area contributed by atoms with Crippen LogP contribution in [0.4, 0.5) is 5.95 Å². The normalized spacial score (nSPS) is 15.6. The molecule has 0 fully saturated rings. The van der Waals surface area contributed by atoms with E-state index in [4.69, 9.17) is 9.72 Å². The number of para-hydroxylation sites is 2. The van der Waals surface area contributed by atoms with Crippen molar-refractivity contribution in [2.45, 2.75) is 13.0 Å². The summed E-state index contributed by atoms with van der Waals surface area (Å²) in [5, 5.41) is 3.53. The number of imidazole rings is 1. The summed E-state index contributed by atoms with van der Waals surface area (Å²) in [5.41, 5.74) is 6.77. The van der Waals surface area contributed by atoms with Crippen molar-refractivity contribution in [1.82, 2.24) is 9.55 Å². The van der Waals surface area contributed by atoms with Crippen molar-refractivity contribution in [3.05, 3.63) is 95.6 Å². The van der Waals surface area contributed by atoms with Gasteiger partial charge in [0, 0.05) is 5.70 Å². The number of anilines is 1. The van der Waals surface area contributed by atoms with Crippen molar-refractivity contribution in [3.8, 4) is 5.75 Å². The highest BCUT2D eigenvalue weighted by molar-refractivity contribution is 5.85. The zero-order valence-corrected chi connectivity index (χ0v) is 15.9. The van der Waals surface area contributed by atoms with E-state index in [-0.39, 0.29) is 6.04 Å². The maximum absolute atomic E-state index is 5.34. The predicted molar refractivity (Wildman–Crippen MR) is 114 cm³/mol. The summed E-state index contributed by atoms with van der Waals surface area (Å²) in [6.07, 6.45) is 2.27. The molecule has 0 saturated heterocycles. The average Bonchev–Trinajstić information content (AvgIpc) is 3.12. The number of benzene rings is 3. The lowest BCUT2D eigenvalue weighted by Crippen LogP contribution is -2.19. The molecule has 1 N–H and O–H groups in total. The Kier molecular flexibility index (Phi) is 3.90. The van der Waals surface area contributed by atoms with Gasteiger partial charge in [0.1, 0.15) is 5.75 Å². The first-order valence-corrected chi connectivity index (χ1v) is 9.40. The smallest absolute Gasteiger partial charge is 0.209 e. The summed E-state index contributed by atoms with van der Waals surface area (Å²) >= 11 is 0. The van der Waals surface area contributed by atoms with Gasteiger partial charge in [-0.15, -0.1) is 0 Å². The van der Waals surface area contributed by atoms with Gasteiger partial charge in [0.25, 0.3) is 0 Å². The van der Waals surface area contributed by atoms with Gasteiger partial charge in [0.15, 0.2) is 0 Å². The number of nitrogens with one attached hydrogen (secondary N) is 1. The van der Waals surface area contributed by atoms with Crippen molar-refractivity contribution < 1.29 is 4.74 Å². The van der Waals surface area contributed by atoms with Crippen molar-refractivity contribution >= 4 is 22.7 Å². The summed E-state index contributed by atoms with van der Waals surface area (Å²) in [7, 11) is 1.69. The average molecular weight is 367 g/mol. The molecule has 4 aromatic rings. The van der Waals surface area contributed by atoms with Crippen LogP contribution in [-0.4, -0.2) is 16.7 Å². The van der Waals surface area contributed by atoms with E-state index >= 15 is 0 Å². The van der Waals surface area contributed by atoms with Gasteiger partial charge in [-0.05, 0) is 48.4 Å². The molecule has 4 heteroatoms. The second-order valence-corrected chi connectivity index (χ2v) is 7.08. The maximum atomic E-state index is 5.34. The predicted octanol–water partition coefficient (Wildman–Crippen LogP) is 5.41. The number of allylic oxidation sites excluding steroid dienone is 1. The van der Waals surface area contributed by atoms with E-state index in [0.717, 1.165) is 34.0 Å². The minimum Gasteiger partial charge on any atom is -0.497 e. The topological polar surface area (TPSA) is 39.1 Å². The second kappa shape index (κ2) is 6.57. The summed E-state index contributed by atoms with van der Waals surface area (Å²) in [6.45, 7) is 2.10. The van der Waals surface area contributed by atoms with Gasteiger partial charge < -0.3 is 10.1 Å². The van der Waals surface area contributed by atoms with Gasteiger partial charge in [0.05, 0.1) is 24.2 Å². The zero-order valence-electron chi connectivity index (χ0n) is 15.9. The van der Waals surface area contributed by atoms with Gasteiger partial charge in [-0.3, -0.25) is 4.57 Å². The van der Waals surface area contributed by atoms with Crippen LogP contribution in [0.15, 0.2) is 78.9 Å². The number of methoxy groups -OCH3 is 1. The Labute approximate surface area is 164 Å². The van der Waals surface area contributed by atoms with Gasteiger partial charge in [-0.2, -0.15) is 0 Å². The number of hydrogen-bond donors (Lipinski definition) is 1. The first-order valence-electron chi connectivity index (χ1n) is 9.40. The maximum Gasteiger partial charge on any atom is 0.209 e. The Morgan fingerprint density at radius 1 is 0.929 bits per heavy atom. The Hall–Kier alpha value is -3.53. The van der Waals surface area contributed by atoms with Gasteiger partial charge >= 0.3 is 0 Å². The summed E-state index contributed by atoms with van der Waals surface area (Å²) in [6, 6.07) is 25.1. The summed E-state index contributed by atoms with van der Waals surface area (Å²) < 4.78 is 7.59. The van der Waals surface area contributed by atoms with Crippen LogP contribution in [0.25, 0.3) is 16.7 Å². The Morgan fingerprint density at radius 2 is 1.68 bits per heavy atom. The number of ether oxygens (including phenoxy) is 1. The molecule has 28 heavy (non-hydrogen) atoms. The summed E-state index contributed by atoms with van der Waals surface area (Å²) in [4.78, 5) is 4.84. The molecule has 0 bridgehead atoms. The molecule has 0 amide bonds. The molecule has 1 unspecified atom stereocenters. The Balaban J connectivity index is 1.68. The van der Waals surface area contributed by atoms with Gasteiger partial charge in [-0.1, -0.05) is 54.1 Å². The van der Waals surface area contributed by atoms with Crippen LogP contribution in [0.2, 0.25) is 0 Å². The minimum atomic E-state index is 0.0471. The van der Waals surface area contributed by atoms with Crippen molar-refractivity contribution in [2.24, 2.45) is 0 Å². The van der Waals surface area contributed by atoms with Crippen LogP contribution in [0.3, 0.4) is 0 Å². The third-order valence-electron chi connectivity index (χ3n) is 5.26. The van der Waals surface area contributed by atoms with E-state index in [0.29, 0.717) is 0 Å². The van der Waals surface area contributed by atoms with Crippen molar-refractivity contribution in [3.63, 3.8) is 0 Å². The lowest BCUT2D eigenvalue weighted by atomic mass is 10.0. The third-order valence-corrected chi connectivity index (χ3v) is 5.26. The van der Waals surface area contributed by atoms with Gasteiger partial charge in [0.2, 0.25) is 5.95 Å². The minimum absolute atomic E-state index is 0.0471. The van der Waals surface area contributed by atoms with Crippen molar-refractivity contribution in [2.75, 3.05) is 12.4 Å². The lowest BCUT2D eigenvalue weighted by Gasteiger charge is -2.26. The molecule has 1 aliphatic heterocycles. The number of hydrogen-bond acceptors (Lipinski definition) is 3. The molecule has 0 saturated carbocycles. The molecule has 1 aromatic heterocycles. The van der Waals surface area contributed by atoms with Crippen LogP contribution < -0.4 is 10.1 Å². The highest BCUT2D eigenvalue weighted by atomic mass is 16.5. The van der Waals surface area contributed by atoms with E-state index in [2.05, 4.69) is 77.5 Å². The first-order chi connectivity index (χ1) is 13.7. The molecule has 0 aliphatic carbocycles. The number of aromatic nitrogens is 2.